The first kappa shape index (κ1) is 15.6. The van der Waals surface area contributed by atoms with Crippen LogP contribution in [-0.4, -0.2) is 26.7 Å². The zero-order valence-corrected chi connectivity index (χ0v) is 12.5. The number of nitrogens with zero attached hydrogens (tertiary/aromatic N) is 3. The molecule has 0 spiro atoms. The molecule has 0 fully saturated rings. The van der Waals surface area contributed by atoms with E-state index in [-0.39, 0.29) is 23.4 Å². The van der Waals surface area contributed by atoms with Crippen molar-refractivity contribution in [1.29, 1.82) is 0 Å². The molecule has 6 nitrogen and oxygen atoms in total. The molecule has 0 bridgehead atoms. The van der Waals surface area contributed by atoms with Crippen LogP contribution in [0.25, 0.3) is 0 Å². The van der Waals surface area contributed by atoms with Crippen molar-refractivity contribution < 1.29 is 4.79 Å². The molecule has 19 heavy (non-hydrogen) atoms. The molecule has 0 saturated carbocycles. The summed E-state index contributed by atoms with van der Waals surface area (Å²) in [6.45, 7) is 8.24. The Balaban J connectivity index is 2.45. The van der Waals surface area contributed by atoms with E-state index in [4.69, 9.17) is 5.73 Å². The van der Waals surface area contributed by atoms with Gasteiger partial charge in [-0.15, -0.1) is 10.2 Å². The Labute approximate surface area is 114 Å². The highest BCUT2D eigenvalue weighted by Gasteiger charge is 2.20. The molecule has 2 atom stereocenters. The number of rotatable bonds is 5. The van der Waals surface area contributed by atoms with E-state index < -0.39 is 0 Å². The van der Waals surface area contributed by atoms with Crippen molar-refractivity contribution in [2.75, 3.05) is 0 Å². The van der Waals surface area contributed by atoms with Gasteiger partial charge < -0.3 is 15.6 Å². The average Bonchev–Trinajstić information content (AvgIpc) is 2.60. The van der Waals surface area contributed by atoms with Crippen molar-refractivity contribution in [2.45, 2.75) is 52.6 Å². The Hall–Kier alpha value is -1.43. The van der Waals surface area contributed by atoms with Gasteiger partial charge in [0.2, 0.25) is 5.91 Å². The van der Waals surface area contributed by atoms with Crippen molar-refractivity contribution in [3.63, 3.8) is 0 Å². The molecule has 2 unspecified atom stereocenters. The highest BCUT2D eigenvalue weighted by Crippen LogP contribution is 2.21. The Bertz CT molecular complexity index is 421. The monoisotopic (exact) mass is 267 g/mol. The highest BCUT2D eigenvalue weighted by molar-refractivity contribution is 5.76. The number of hydrogen-bond acceptors (Lipinski definition) is 4. The number of carbonyl (C=O) groups is 1. The Kier molecular flexibility index (Phi) is 5.05. The van der Waals surface area contributed by atoms with Gasteiger partial charge in [-0.05, 0) is 18.8 Å². The van der Waals surface area contributed by atoms with E-state index in [1.165, 1.54) is 0 Å². The lowest BCUT2D eigenvalue weighted by Gasteiger charge is -2.23. The molecule has 0 aliphatic rings. The van der Waals surface area contributed by atoms with Crippen LogP contribution in [0, 0.1) is 5.41 Å². The van der Waals surface area contributed by atoms with Gasteiger partial charge in [0.05, 0.1) is 6.04 Å². The SMILES string of the molecule is CC(NC(=O)CC(N)CC(C)(C)C)c1nncn1C. The lowest BCUT2D eigenvalue weighted by atomic mass is 9.87. The molecule has 0 saturated heterocycles. The third kappa shape index (κ3) is 5.38. The van der Waals surface area contributed by atoms with Gasteiger partial charge in [-0.1, -0.05) is 20.8 Å². The molecule has 3 N–H and O–H groups in total. The second kappa shape index (κ2) is 6.14. The third-order valence-electron chi connectivity index (χ3n) is 2.83. The smallest absolute Gasteiger partial charge is 0.222 e. The Morgan fingerprint density at radius 3 is 2.63 bits per heavy atom. The minimum absolute atomic E-state index is 0.0488. The maximum Gasteiger partial charge on any atom is 0.222 e. The lowest BCUT2D eigenvalue weighted by molar-refractivity contribution is -0.122. The van der Waals surface area contributed by atoms with E-state index >= 15 is 0 Å². The first-order valence-electron chi connectivity index (χ1n) is 6.58. The van der Waals surface area contributed by atoms with Crippen LogP contribution in [0.4, 0.5) is 0 Å². The van der Waals surface area contributed by atoms with Gasteiger partial charge >= 0.3 is 0 Å². The van der Waals surface area contributed by atoms with Crippen LogP contribution in [0.3, 0.4) is 0 Å². The summed E-state index contributed by atoms with van der Waals surface area (Å²) < 4.78 is 1.79. The zero-order valence-electron chi connectivity index (χ0n) is 12.5. The molecule has 1 aromatic rings. The van der Waals surface area contributed by atoms with Gasteiger partial charge in [0.25, 0.3) is 0 Å². The summed E-state index contributed by atoms with van der Waals surface area (Å²) in [7, 11) is 1.85. The fourth-order valence-corrected chi connectivity index (χ4v) is 2.15. The molecule has 1 aromatic heterocycles. The summed E-state index contributed by atoms with van der Waals surface area (Å²) in [6.07, 6.45) is 2.77. The normalized spacial score (nSPS) is 15.1. The fraction of sp³-hybridized carbons (Fsp3) is 0.769. The summed E-state index contributed by atoms with van der Waals surface area (Å²) in [6, 6.07) is -0.284. The van der Waals surface area contributed by atoms with Crippen LogP contribution in [0.2, 0.25) is 0 Å². The van der Waals surface area contributed by atoms with Crippen LogP contribution >= 0.6 is 0 Å². The second-order valence-corrected chi connectivity index (χ2v) is 6.32. The second-order valence-electron chi connectivity index (χ2n) is 6.32. The van der Waals surface area contributed by atoms with Crippen molar-refractivity contribution in [3.05, 3.63) is 12.2 Å². The number of aromatic nitrogens is 3. The Morgan fingerprint density at radius 1 is 1.53 bits per heavy atom. The number of carbonyl (C=O) groups excluding carboxylic acids is 1. The first-order chi connectivity index (χ1) is 8.69. The van der Waals surface area contributed by atoms with Crippen molar-refractivity contribution in [3.8, 4) is 0 Å². The molecular formula is C13H25N5O. The van der Waals surface area contributed by atoms with Crippen molar-refractivity contribution in [2.24, 2.45) is 18.2 Å². The van der Waals surface area contributed by atoms with Crippen LogP contribution in [0.5, 0.6) is 0 Å². The van der Waals surface area contributed by atoms with Gasteiger partial charge in [0.15, 0.2) is 5.82 Å². The molecule has 1 rings (SSSR count). The maximum atomic E-state index is 11.9. The van der Waals surface area contributed by atoms with Gasteiger partial charge in [-0.3, -0.25) is 4.79 Å². The lowest BCUT2D eigenvalue weighted by Crippen LogP contribution is -2.35. The first-order valence-corrected chi connectivity index (χ1v) is 6.58. The number of nitrogens with one attached hydrogen (secondary N) is 1. The third-order valence-corrected chi connectivity index (χ3v) is 2.83. The molecular weight excluding hydrogens is 242 g/mol. The van der Waals surface area contributed by atoms with Crippen molar-refractivity contribution >= 4 is 5.91 Å². The zero-order chi connectivity index (χ0) is 14.6. The number of nitrogens with two attached hydrogens (primary N) is 1. The molecule has 1 amide bonds. The molecule has 0 aliphatic carbocycles. The van der Waals surface area contributed by atoms with E-state index in [9.17, 15) is 4.79 Å². The molecule has 0 radical (unpaired) electrons. The van der Waals surface area contributed by atoms with E-state index in [1.807, 2.05) is 14.0 Å². The minimum Gasteiger partial charge on any atom is -0.346 e. The molecule has 6 heteroatoms. The summed E-state index contributed by atoms with van der Waals surface area (Å²) in [5, 5.41) is 10.7. The summed E-state index contributed by atoms with van der Waals surface area (Å²) in [5.41, 5.74) is 6.12. The van der Waals surface area contributed by atoms with Crippen LogP contribution in [0.15, 0.2) is 6.33 Å². The van der Waals surface area contributed by atoms with E-state index in [1.54, 1.807) is 10.9 Å². The molecule has 1 heterocycles. The average molecular weight is 267 g/mol. The highest BCUT2D eigenvalue weighted by atomic mass is 16.1. The summed E-state index contributed by atoms with van der Waals surface area (Å²) in [4.78, 5) is 11.9. The van der Waals surface area contributed by atoms with E-state index in [0.29, 0.717) is 6.42 Å². The quantitative estimate of drug-likeness (QED) is 0.838. The van der Waals surface area contributed by atoms with Crippen molar-refractivity contribution in [1.82, 2.24) is 20.1 Å². The van der Waals surface area contributed by atoms with Gasteiger partial charge in [0.1, 0.15) is 6.33 Å². The predicted octanol–water partition coefficient (Wildman–Crippen LogP) is 1.15. The van der Waals surface area contributed by atoms with Crippen LogP contribution in [-0.2, 0) is 11.8 Å². The number of amides is 1. The van der Waals surface area contributed by atoms with Gasteiger partial charge in [-0.2, -0.15) is 0 Å². The maximum absolute atomic E-state index is 11.9. The summed E-state index contributed by atoms with van der Waals surface area (Å²) >= 11 is 0. The fourth-order valence-electron chi connectivity index (χ4n) is 2.15. The molecule has 0 aromatic carbocycles. The van der Waals surface area contributed by atoms with E-state index in [0.717, 1.165) is 12.2 Å². The number of aryl methyl sites for hydroxylation is 1. The van der Waals surface area contributed by atoms with Gasteiger partial charge in [-0.25, -0.2) is 0 Å². The largest absolute Gasteiger partial charge is 0.346 e. The van der Waals surface area contributed by atoms with Crippen LogP contribution < -0.4 is 11.1 Å². The minimum atomic E-state index is -0.165. The predicted molar refractivity (Wildman–Crippen MR) is 74.2 cm³/mol. The van der Waals surface area contributed by atoms with Crippen LogP contribution in [0.1, 0.15) is 52.4 Å². The molecule has 0 aliphatic heterocycles. The topological polar surface area (TPSA) is 85.8 Å². The van der Waals surface area contributed by atoms with E-state index in [2.05, 4.69) is 36.3 Å². The summed E-state index contributed by atoms with van der Waals surface area (Å²) in [5.74, 6) is 0.685. The van der Waals surface area contributed by atoms with Gasteiger partial charge in [0, 0.05) is 19.5 Å². The number of hydrogen-bond donors (Lipinski definition) is 2. The standard InChI is InChI=1S/C13H25N5O/c1-9(12-17-15-8-18(12)5)16-11(19)6-10(14)7-13(2,3)4/h8-10H,6-7,14H2,1-5H3,(H,16,19). The Morgan fingerprint density at radius 2 is 2.16 bits per heavy atom. The molecule has 108 valence electrons.